The van der Waals surface area contributed by atoms with E-state index in [-0.39, 0.29) is 0 Å². The molecule has 0 spiro atoms. The second-order valence-electron chi connectivity index (χ2n) is 4.98. The first-order valence-corrected chi connectivity index (χ1v) is 7.03. The van der Waals surface area contributed by atoms with Crippen molar-refractivity contribution in [3.63, 3.8) is 0 Å². The fourth-order valence-electron chi connectivity index (χ4n) is 2.27. The smallest absolute Gasteiger partial charge is 0.119 e. The van der Waals surface area contributed by atoms with Crippen molar-refractivity contribution >= 4 is 0 Å². The van der Waals surface area contributed by atoms with Gasteiger partial charge in [-0.2, -0.15) is 0 Å². The lowest BCUT2D eigenvalue weighted by Gasteiger charge is -2.32. The lowest BCUT2D eigenvalue weighted by Crippen LogP contribution is -2.42. The van der Waals surface area contributed by atoms with Gasteiger partial charge in [-0.05, 0) is 31.0 Å². The predicted octanol–water partition coefficient (Wildman–Crippen LogP) is 1.63. The van der Waals surface area contributed by atoms with E-state index in [1.54, 1.807) is 0 Å². The molecule has 0 aromatic heterocycles. The monoisotopic (exact) mass is 264 g/mol. The molecule has 4 nitrogen and oxygen atoms in total. The molecule has 0 aliphatic carbocycles. The largest absolute Gasteiger partial charge is 0.494 e. The number of hydrogen-bond acceptors (Lipinski definition) is 4. The quantitative estimate of drug-likeness (QED) is 0.848. The second-order valence-corrected chi connectivity index (χ2v) is 4.98. The van der Waals surface area contributed by atoms with Gasteiger partial charge < -0.3 is 15.2 Å². The fourth-order valence-corrected chi connectivity index (χ4v) is 2.27. The van der Waals surface area contributed by atoms with E-state index in [0.29, 0.717) is 12.6 Å². The summed E-state index contributed by atoms with van der Waals surface area (Å²) in [4.78, 5) is 2.46. The van der Waals surface area contributed by atoms with Gasteiger partial charge in [0.15, 0.2) is 0 Å². The summed E-state index contributed by atoms with van der Waals surface area (Å²) in [7, 11) is 0. The molecule has 2 N–H and O–H groups in total. The Kier molecular flexibility index (Phi) is 5.63. The molecule has 1 aromatic rings. The first-order chi connectivity index (χ1) is 9.29. The van der Waals surface area contributed by atoms with Crippen molar-refractivity contribution < 1.29 is 9.47 Å². The van der Waals surface area contributed by atoms with Crippen molar-refractivity contribution in [1.29, 1.82) is 0 Å². The van der Waals surface area contributed by atoms with E-state index in [9.17, 15) is 0 Å². The first kappa shape index (κ1) is 14.3. The third-order valence-corrected chi connectivity index (χ3v) is 3.63. The molecule has 1 aromatic carbocycles. The van der Waals surface area contributed by atoms with Crippen LogP contribution < -0.4 is 10.5 Å². The number of rotatable bonds is 6. The summed E-state index contributed by atoms with van der Waals surface area (Å²) >= 11 is 0. The van der Waals surface area contributed by atoms with Crippen LogP contribution in [0, 0.1) is 0 Å². The molecule has 1 atom stereocenters. The molecule has 0 bridgehead atoms. The van der Waals surface area contributed by atoms with Gasteiger partial charge in [0.1, 0.15) is 5.75 Å². The Morgan fingerprint density at radius 3 is 2.58 bits per heavy atom. The van der Waals surface area contributed by atoms with Crippen LogP contribution in [0.3, 0.4) is 0 Å². The molecule has 1 saturated heterocycles. The summed E-state index contributed by atoms with van der Waals surface area (Å²) in [6.07, 6.45) is 1.04. The number of morpholine rings is 1. The molecule has 1 aliphatic rings. The normalized spacial score (nSPS) is 18.2. The summed E-state index contributed by atoms with van der Waals surface area (Å²) in [5, 5.41) is 0. The van der Waals surface area contributed by atoms with E-state index in [1.807, 2.05) is 24.3 Å². The van der Waals surface area contributed by atoms with E-state index in [2.05, 4.69) is 11.8 Å². The maximum absolute atomic E-state index is 5.77. The second kappa shape index (κ2) is 7.48. The van der Waals surface area contributed by atoms with E-state index >= 15 is 0 Å². The number of hydrogen-bond donors (Lipinski definition) is 1. The molecule has 106 valence electrons. The summed E-state index contributed by atoms with van der Waals surface area (Å²) in [6, 6.07) is 8.55. The molecule has 1 fully saturated rings. The van der Waals surface area contributed by atoms with Gasteiger partial charge in [0.05, 0.1) is 19.8 Å². The fraction of sp³-hybridized carbons (Fsp3) is 0.600. The number of benzene rings is 1. The van der Waals surface area contributed by atoms with Crippen LogP contribution in [0.25, 0.3) is 0 Å². The molecule has 19 heavy (non-hydrogen) atoms. The van der Waals surface area contributed by atoms with Crippen LogP contribution in [0.15, 0.2) is 24.3 Å². The van der Waals surface area contributed by atoms with Gasteiger partial charge >= 0.3 is 0 Å². The molecule has 0 amide bonds. The highest BCUT2D eigenvalue weighted by Gasteiger charge is 2.16. The van der Waals surface area contributed by atoms with Crippen molar-refractivity contribution in [2.45, 2.75) is 25.9 Å². The van der Waals surface area contributed by atoms with E-state index in [1.165, 1.54) is 0 Å². The lowest BCUT2D eigenvalue weighted by molar-refractivity contribution is 0.0161. The number of nitrogens with two attached hydrogens (primary N) is 1. The summed E-state index contributed by atoms with van der Waals surface area (Å²) in [6.45, 7) is 7.36. The molecule has 4 heteroatoms. The topological polar surface area (TPSA) is 47.7 Å². The van der Waals surface area contributed by atoms with Crippen LogP contribution in [-0.4, -0.2) is 43.9 Å². The molecule has 0 saturated carbocycles. The Morgan fingerprint density at radius 2 is 1.95 bits per heavy atom. The maximum atomic E-state index is 5.77. The number of ether oxygens (including phenoxy) is 2. The summed E-state index contributed by atoms with van der Waals surface area (Å²) in [5.41, 5.74) is 6.70. The van der Waals surface area contributed by atoms with Gasteiger partial charge in [0.2, 0.25) is 0 Å². The first-order valence-electron chi connectivity index (χ1n) is 7.03. The van der Waals surface area contributed by atoms with Crippen LogP contribution in [0.1, 0.15) is 18.9 Å². The Hall–Kier alpha value is -1.10. The van der Waals surface area contributed by atoms with Crippen molar-refractivity contribution in [2.75, 3.05) is 32.9 Å². The molecule has 1 unspecified atom stereocenters. The number of nitrogens with zero attached hydrogens (tertiary/aromatic N) is 1. The zero-order valence-corrected chi connectivity index (χ0v) is 11.7. The minimum absolute atomic E-state index is 0.548. The minimum Gasteiger partial charge on any atom is -0.494 e. The van der Waals surface area contributed by atoms with Gasteiger partial charge in [-0.3, -0.25) is 4.90 Å². The zero-order chi connectivity index (χ0) is 13.5. The van der Waals surface area contributed by atoms with Crippen LogP contribution in [-0.2, 0) is 11.3 Å². The average Bonchev–Trinajstić information content (AvgIpc) is 2.49. The maximum Gasteiger partial charge on any atom is 0.119 e. The van der Waals surface area contributed by atoms with Crippen LogP contribution >= 0.6 is 0 Å². The Bertz CT molecular complexity index is 361. The van der Waals surface area contributed by atoms with Crippen molar-refractivity contribution in [3.8, 4) is 5.75 Å². The SMILES string of the molecule is CC(CCOc1ccc(CN)cc1)N1CCOCC1. The summed E-state index contributed by atoms with van der Waals surface area (Å²) < 4.78 is 11.1. The van der Waals surface area contributed by atoms with E-state index in [0.717, 1.165) is 50.6 Å². The van der Waals surface area contributed by atoms with Crippen LogP contribution in [0.2, 0.25) is 0 Å². The molecular formula is C15H24N2O2. The van der Waals surface area contributed by atoms with Crippen molar-refractivity contribution in [2.24, 2.45) is 5.73 Å². The highest BCUT2D eigenvalue weighted by atomic mass is 16.5. The van der Waals surface area contributed by atoms with Gasteiger partial charge in [0, 0.05) is 25.7 Å². The average molecular weight is 264 g/mol. The summed E-state index contributed by atoms with van der Waals surface area (Å²) in [5.74, 6) is 0.923. The molecule has 1 aliphatic heterocycles. The van der Waals surface area contributed by atoms with E-state index in [4.69, 9.17) is 15.2 Å². The van der Waals surface area contributed by atoms with Crippen LogP contribution in [0.5, 0.6) is 5.75 Å². The highest BCUT2D eigenvalue weighted by Crippen LogP contribution is 2.13. The van der Waals surface area contributed by atoms with Gasteiger partial charge in [-0.15, -0.1) is 0 Å². The molecule has 1 heterocycles. The third kappa shape index (κ3) is 4.49. The van der Waals surface area contributed by atoms with E-state index < -0.39 is 0 Å². The van der Waals surface area contributed by atoms with Crippen LogP contribution in [0.4, 0.5) is 0 Å². The van der Waals surface area contributed by atoms with Gasteiger partial charge in [-0.1, -0.05) is 12.1 Å². The van der Waals surface area contributed by atoms with Gasteiger partial charge in [-0.25, -0.2) is 0 Å². The molecule has 0 radical (unpaired) electrons. The molecule has 2 rings (SSSR count). The predicted molar refractivity (Wildman–Crippen MR) is 76.3 cm³/mol. The Morgan fingerprint density at radius 1 is 1.26 bits per heavy atom. The Labute approximate surface area is 115 Å². The van der Waals surface area contributed by atoms with Gasteiger partial charge in [0.25, 0.3) is 0 Å². The molecular weight excluding hydrogens is 240 g/mol. The third-order valence-electron chi connectivity index (χ3n) is 3.63. The lowest BCUT2D eigenvalue weighted by atomic mass is 10.2. The Balaban J connectivity index is 1.69. The minimum atomic E-state index is 0.548. The standard InChI is InChI=1S/C15H24N2O2/c1-13(17-7-10-18-11-8-17)6-9-19-15-4-2-14(12-16)3-5-15/h2-5,13H,6-12,16H2,1H3. The highest BCUT2D eigenvalue weighted by molar-refractivity contribution is 5.27. The zero-order valence-electron chi connectivity index (χ0n) is 11.7. The van der Waals surface area contributed by atoms with Crippen molar-refractivity contribution in [3.05, 3.63) is 29.8 Å². The van der Waals surface area contributed by atoms with Crippen molar-refractivity contribution in [1.82, 2.24) is 4.90 Å².